The molecule has 0 bridgehead atoms. The molecule has 0 aliphatic carbocycles. The standard InChI is InChI=1S/C9H16N2O3/c12-7-1-3-11(6-7)9(13)8-5-10-2-4-14-8/h7-8,10,12H,1-6H2. The number of carbonyl (C=O) groups excluding carboxylic acids is 1. The van der Waals surface area contributed by atoms with Crippen LogP contribution in [-0.2, 0) is 9.53 Å². The van der Waals surface area contributed by atoms with Crippen LogP contribution in [0.3, 0.4) is 0 Å². The van der Waals surface area contributed by atoms with E-state index in [2.05, 4.69) is 5.32 Å². The molecule has 0 aromatic carbocycles. The van der Waals surface area contributed by atoms with Gasteiger partial charge in [0.15, 0.2) is 0 Å². The molecular formula is C9H16N2O3. The van der Waals surface area contributed by atoms with Gasteiger partial charge >= 0.3 is 0 Å². The van der Waals surface area contributed by atoms with Gasteiger partial charge in [0, 0.05) is 26.2 Å². The fourth-order valence-corrected chi connectivity index (χ4v) is 1.87. The maximum absolute atomic E-state index is 11.8. The molecule has 2 atom stereocenters. The molecule has 2 N–H and O–H groups in total. The lowest BCUT2D eigenvalue weighted by atomic mass is 10.2. The van der Waals surface area contributed by atoms with E-state index in [1.165, 1.54) is 0 Å². The third-order valence-electron chi connectivity index (χ3n) is 2.68. The molecule has 2 unspecified atom stereocenters. The second-order valence-corrected chi connectivity index (χ2v) is 3.79. The normalized spacial score (nSPS) is 33.4. The number of carbonyl (C=O) groups is 1. The number of β-amino-alcohol motifs (C(OH)–C–C–N with tert-alkyl or cyclic N) is 1. The molecule has 0 aromatic heterocycles. The lowest BCUT2D eigenvalue weighted by Crippen LogP contribution is -2.48. The summed E-state index contributed by atoms with van der Waals surface area (Å²) in [4.78, 5) is 13.5. The number of rotatable bonds is 1. The third-order valence-corrected chi connectivity index (χ3v) is 2.68. The first-order valence-corrected chi connectivity index (χ1v) is 5.06. The zero-order valence-corrected chi connectivity index (χ0v) is 8.11. The Morgan fingerprint density at radius 2 is 2.43 bits per heavy atom. The molecule has 2 rings (SSSR count). The van der Waals surface area contributed by atoms with Crippen molar-refractivity contribution in [2.75, 3.05) is 32.8 Å². The smallest absolute Gasteiger partial charge is 0.253 e. The minimum absolute atomic E-state index is 0.00810. The minimum atomic E-state index is -0.353. The van der Waals surface area contributed by atoms with Crippen molar-refractivity contribution in [1.82, 2.24) is 10.2 Å². The van der Waals surface area contributed by atoms with Crippen molar-refractivity contribution >= 4 is 5.91 Å². The van der Waals surface area contributed by atoms with Crippen molar-refractivity contribution in [2.24, 2.45) is 0 Å². The third kappa shape index (κ3) is 2.05. The van der Waals surface area contributed by atoms with Crippen LogP contribution in [0.4, 0.5) is 0 Å². The second-order valence-electron chi connectivity index (χ2n) is 3.79. The van der Waals surface area contributed by atoms with Crippen LogP contribution in [0.2, 0.25) is 0 Å². The lowest BCUT2D eigenvalue weighted by Gasteiger charge is -2.26. The van der Waals surface area contributed by atoms with Crippen LogP contribution >= 0.6 is 0 Å². The Morgan fingerprint density at radius 1 is 1.57 bits per heavy atom. The number of nitrogens with zero attached hydrogens (tertiary/aromatic N) is 1. The highest BCUT2D eigenvalue weighted by atomic mass is 16.5. The molecule has 2 aliphatic rings. The second kappa shape index (κ2) is 4.25. The number of aliphatic hydroxyl groups is 1. The molecule has 5 nitrogen and oxygen atoms in total. The fourth-order valence-electron chi connectivity index (χ4n) is 1.87. The van der Waals surface area contributed by atoms with E-state index in [1.54, 1.807) is 4.90 Å². The lowest BCUT2D eigenvalue weighted by molar-refractivity contribution is -0.144. The summed E-state index contributed by atoms with van der Waals surface area (Å²) in [6, 6.07) is 0. The summed E-state index contributed by atoms with van der Waals surface area (Å²) >= 11 is 0. The summed E-state index contributed by atoms with van der Waals surface area (Å²) in [6.07, 6.45) is -0.0177. The summed E-state index contributed by atoms with van der Waals surface area (Å²) in [5.41, 5.74) is 0. The highest BCUT2D eigenvalue weighted by Gasteiger charge is 2.31. The Kier molecular flexibility index (Phi) is 3.00. The van der Waals surface area contributed by atoms with Crippen molar-refractivity contribution in [2.45, 2.75) is 18.6 Å². The SMILES string of the molecule is O=C(C1CNCCO1)N1CCC(O)C1. The van der Waals surface area contributed by atoms with E-state index in [0.29, 0.717) is 32.7 Å². The van der Waals surface area contributed by atoms with E-state index in [-0.39, 0.29) is 18.1 Å². The molecule has 0 aromatic rings. The number of amides is 1. The van der Waals surface area contributed by atoms with Crippen LogP contribution in [0.1, 0.15) is 6.42 Å². The average molecular weight is 200 g/mol. The maximum atomic E-state index is 11.8. The van der Waals surface area contributed by atoms with Gasteiger partial charge in [-0.1, -0.05) is 0 Å². The van der Waals surface area contributed by atoms with E-state index in [4.69, 9.17) is 4.74 Å². The van der Waals surface area contributed by atoms with Gasteiger partial charge in [0.05, 0.1) is 12.7 Å². The van der Waals surface area contributed by atoms with Gasteiger partial charge in [-0.2, -0.15) is 0 Å². The molecular weight excluding hydrogens is 184 g/mol. The van der Waals surface area contributed by atoms with Crippen LogP contribution in [0.15, 0.2) is 0 Å². The fraction of sp³-hybridized carbons (Fsp3) is 0.889. The number of ether oxygens (including phenoxy) is 1. The molecule has 5 heteroatoms. The molecule has 0 saturated carbocycles. The highest BCUT2D eigenvalue weighted by Crippen LogP contribution is 2.11. The van der Waals surface area contributed by atoms with Gasteiger partial charge in [-0.25, -0.2) is 0 Å². The van der Waals surface area contributed by atoms with Gasteiger partial charge in [0.25, 0.3) is 5.91 Å². The molecule has 2 aliphatic heterocycles. The van der Waals surface area contributed by atoms with Gasteiger partial charge in [-0.3, -0.25) is 4.79 Å². The molecule has 2 heterocycles. The number of likely N-dealkylation sites (tertiary alicyclic amines) is 1. The monoisotopic (exact) mass is 200 g/mol. The van der Waals surface area contributed by atoms with Crippen LogP contribution in [0.5, 0.6) is 0 Å². The van der Waals surface area contributed by atoms with E-state index in [9.17, 15) is 9.90 Å². The Morgan fingerprint density at radius 3 is 3.00 bits per heavy atom. The summed E-state index contributed by atoms with van der Waals surface area (Å²) in [7, 11) is 0. The van der Waals surface area contributed by atoms with Crippen molar-refractivity contribution in [1.29, 1.82) is 0 Å². The first-order valence-electron chi connectivity index (χ1n) is 5.06. The van der Waals surface area contributed by atoms with Crippen LogP contribution in [0.25, 0.3) is 0 Å². The molecule has 14 heavy (non-hydrogen) atoms. The molecule has 0 spiro atoms. The molecule has 1 amide bonds. The highest BCUT2D eigenvalue weighted by molar-refractivity contribution is 5.81. The van der Waals surface area contributed by atoms with E-state index >= 15 is 0 Å². The minimum Gasteiger partial charge on any atom is -0.391 e. The van der Waals surface area contributed by atoms with E-state index in [1.807, 2.05) is 0 Å². The summed E-state index contributed by atoms with van der Waals surface area (Å²) in [6.45, 7) is 3.10. The number of hydrogen-bond donors (Lipinski definition) is 2. The summed E-state index contributed by atoms with van der Waals surface area (Å²) in [5, 5.41) is 12.4. The van der Waals surface area contributed by atoms with Crippen molar-refractivity contribution in [3.05, 3.63) is 0 Å². The molecule has 0 radical (unpaired) electrons. The topological polar surface area (TPSA) is 61.8 Å². The molecule has 80 valence electrons. The van der Waals surface area contributed by atoms with Gasteiger partial charge in [0.1, 0.15) is 6.10 Å². The zero-order chi connectivity index (χ0) is 9.97. The van der Waals surface area contributed by atoms with E-state index in [0.717, 1.165) is 6.54 Å². The Labute approximate surface area is 83.0 Å². The first-order chi connectivity index (χ1) is 6.77. The number of morpholine rings is 1. The predicted molar refractivity (Wildman–Crippen MR) is 49.8 cm³/mol. The van der Waals surface area contributed by atoms with Gasteiger partial charge in [0.2, 0.25) is 0 Å². The number of aliphatic hydroxyl groups excluding tert-OH is 1. The first kappa shape index (κ1) is 9.89. The van der Waals surface area contributed by atoms with Gasteiger partial charge in [-0.05, 0) is 6.42 Å². The van der Waals surface area contributed by atoms with Gasteiger partial charge in [-0.15, -0.1) is 0 Å². The van der Waals surface area contributed by atoms with Crippen molar-refractivity contribution in [3.8, 4) is 0 Å². The van der Waals surface area contributed by atoms with Crippen molar-refractivity contribution in [3.63, 3.8) is 0 Å². The zero-order valence-electron chi connectivity index (χ0n) is 8.11. The Hall–Kier alpha value is -0.650. The van der Waals surface area contributed by atoms with Crippen LogP contribution in [-0.4, -0.2) is 60.9 Å². The van der Waals surface area contributed by atoms with Crippen molar-refractivity contribution < 1.29 is 14.6 Å². The largest absolute Gasteiger partial charge is 0.391 e. The van der Waals surface area contributed by atoms with Gasteiger partial charge < -0.3 is 20.1 Å². The molecule has 2 saturated heterocycles. The summed E-state index contributed by atoms with van der Waals surface area (Å²) in [5.74, 6) is 0.00810. The number of nitrogens with one attached hydrogen (secondary N) is 1. The Bertz CT molecular complexity index is 209. The van der Waals surface area contributed by atoms with Crippen LogP contribution in [0, 0.1) is 0 Å². The van der Waals surface area contributed by atoms with E-state index < -0.39 is 0 Å². The number of hydrogen-bond acceptors (Lipinski definition) is 4. The predicted octanol–water partition coefficient (Wildman–Crippen LogP) is -1.43. The maximum Gasteiger partial charge on any atom is 0.253 e. The molecule has 2 fully saturated rings. The Balaban J connectivity index is 1.87. The average Bonchev–Trinajstić information content (AvgIpc) is 2.65. The van der Waals surface area contributed by atoms with Crippen LogP contribution < -0.4 is 5.32 Å². The summed E-state index contributed by atoms with van der Waals surface area (Å²) < 4.78 is 5.35. The quantitative estimate of drug-likeness (QED) is 0.544.